The predicted octanol–water partition coefficient (Wildman–Crippen LogP) is 3.15. The Hall–Kier alpha value is -3.03. The number of hydrogen-bond donors (Lipinski definition) is 2. The van der Waals surface area contributed by atoms with Crippen molar-refractivity contribution in [1.82, 2.24) is 19.7 Å². The van der Waals surface area contributed by atoms with E-state index in [0.717, 1.165) is 17.5 Å². The molecule has 0 bridgehead atoms. The minimum atomic E-state index is -2.70. The number of hydrogen-bond acceptors (Lipinski definition) is 3. The number of anilines is 1. The highest BCUT2D eigenvalue weighted by molar-refractivity contribution is 6.03. The number of para-hydroxylation sites is 1. The Morgan fingerprint density at radius 1 is 1.38 bits per heavy atom. The number of carbonyl (C=O) groups excluding carboxylic acids is 1. The van der Waals surface area contributed by atoms with Gasteiger partial charge in [0.2, 0.25) is 0 Å². The number of H-pyrrole nitrogens is 1. The molecular weight excluding hydrogens is 316 g/mol. The van der Waals surface area contributed by atoms with Crippen LogP contribution < -0.4 is 5.32 Å². The van der Waals surface area contributed by atoms with Crippen LogP contribution in [0.15, 0.2) is 42.7 Å². The number of aryl methyl sites for hydroxylation is 1. The van der Waals surface area contributed by atoms with Crippen LogP contribution in [0.3, 0.4) is 0 Å². The van der Waals surface area contributed by atoms with Crippen molar-refractivity contribution in [3.8, 4) is 0 Å². The highest BCUT2D eigenvalue weighted by Gasteiger charge is 2.16. The number of alkyl halides is 2. The van der Waals surface area contributed by atoms with Gasteiger partial charge in [0, 0.05) is 18.1 Å². The number of nitrogens with zero attached hydrogens (tertiary/aromatic N) is 3. The third-order valence-electron chi connectivity index (χ3n) is 3.60. The third kappa shape index (κ3) is 3.32. The van der Waals surface area contributed by atoms with Gasteiger partial charge in [-0.15, -0.1) is 0 Å². The standard InChI is InChI=1S/C16H15F2N5O/c1-10-19-6-7-23(10)9-11-4-2-3-5-12(11)20-16(24)14-8-13(15(17)18)21-22-14/h2-8,15H,9H2,1H3,(H,20,24)(H,21,22). The summed E-state index contributed by atoms with van der Waals surface area (Å²) in [5.41, 5.74) is 0.996. The maximum atomic E-state index is 12.6. The van der Waals surface area contributed by atoms with E-state index in [0.29, 0.717) is 12.2 Å². The molecule has 0 saturated heterocycles. The van der Waals surface area contributed by atoms with Crippen molar-refractivity contribution in [2.75, 3.05) is 5.32 Å². The number of aromatic amines is 1. The van der Waals surface area contributed by atoms with Crippen molar-refractivity contribution in [3.05, 3.63) is 65.5 Å². The lowest BCUT2D eigenvalue weighted by Crippen LogP contribution is -2.14. The lowest BCUT2D eigenvalue weighted by Gasteiger charge is -2.11. The Morgan fingerprint density at radius 3 is 2.83 bits per heavy atom. The van der Waals surface area contributed by atoms with Crippen LogP contribution in [0.25, 0.3) is 0 Å². The second-order valence-electron chi connectivity index (χ2n) is 5.22. The highest BCUT2D eigenvalue weighted by atomic mass is 19.3. The fourth-order valence-corrected chi connectivity index (χ4v) is 2.29. The van der Waals surface area contributed by atoms with Crippen molar-refractivity contribution in [2.45, 2.75) is 19.9 Å². The molecule has 0 aliphatic heterocycles. The molecule has 3 aromatic rings. The van der Waals surface area contributed by atoms with Gasteiger partial charge in [-0.3, -0.25) is 9.89 Å². The van der Waals surface area contributed by atoms with Gasteiger partial charge in [0.15, 0.2) is 5.69 Å². The predicted molar refractivity (Wildman–Crippen MR) is 84.0 cm³/mol. The summed E-state index contributed by atoms with van der Waals surface area (Å²) in [5.74, 6) is 0.304. The molecule has 0 radical (unpaired) electrons. The number of nitrogens with one attached hydrogen (secondary N) is 2. The third-order valence-corrected chi connectivity index (χ3v) is 3.60. The van der Waals surface area contributed by atoms with Gasteiger partial charge in [-0.2, -0.15) is 5.10 Å². The largest absolute Gasteiger partial charge is 0.331 e. The smallest absolute Gasteiger partial charge is 0.279 e. The van der Waals surface area contributed by atoms with Gasteiger partial charge in [-0.25, -0.2) is 13.8 Å². The van der Waals surface area contributed by atoms with Crippen molar-refractivity contribution < 1.29 is 13.6 Å². The van der Waals surface area contributed by atoms with Crippen LogP contribution in [-0.4, -0.2) is 25.7 Å². The van der Waals surface area contributed by atoms with Gasteiger partial charge >= 0.3 is 0 Å². The first-order chi connectivity index (χ1) is 11.5. The van der Waals surface area contributed by atoms with Crippen LogP contribution in [0.4, 0.5) is 14.5 Å². The zero-order valence-electron chi connectivity index (χ0n) is 12.8. The molecule has 8 heteroatoms. The molecule has 24 heavy (non-hydrogen) atoms. The molecule has 0 fully saturated rings. The summed E-state index contributed by atoms with van der Waals surface area (Å²) in [7, 11) is 0. The van der Waals surface area contributed by atoms with Crippen molar-refractivity contribution in [1.29, 1.82) is 0 Å². The number of amides is 1. The molecule has 0 atom stereocenters. The van der Waals surface area contributed by atoms with E-state index in [1.807, 2.05) is 29.8 Å². The maximum absolute atomic E-state index is 12.6. The quantitative estimate of drug-likeness (QED) is 0.754. The number of carbonyl (C=O) groups is 1. The fraction of sp³-hybridized carbons (Fsp3) is 0.188. The Morgan fingerprint density at radius 2 is 2.17 bits per heavy atom. The number of halogens is 2. The topological polar surface area (TPSA) is 75.6 Å². The van der Waals surface area contributed by atoms with Crippen LogP contribution in [0.1, 0.15) is 34.0 Å². The summed E-state index contributed by atoms with van der Waals surface area (Å²) in [6, 6.07) is 8.32. The molecule has 2 heterocycles. The first kappa shape index (κ1) is 15.9. The zero-order valence-corrected chi connectivity index (χ0v) is 12.8. The molecule has 0 saturated carbocycles. The van der Waals surface area contributed by atoms with E-state index < -0.39 is 12.3 Å². The van der Waals surface area contributed by atoms with E-state index in [1.165, 1.54) is 0 Å². The van der Waals surface area contributed by atoms with E-state index in [1.54, 1.807) is 18.3 Å². The highest BCUT2D eigenvalue weighted by Crippen LogP contribution is 2.20. The zero-order chi connectivity index (χ0) is 17.1. The van der Waals surface area contributed by atoms with Gasteiger partial charge in [0.25, 0.3) is 12.3 Å². The van der Waals surface area contributed by atoms with Gasteiger partial charge in [-0.1, -0.05) is 18.2 Å². The Bertz CT molecular complexity index is 856. The Kier molecular flexibility index (Phi) is 4.37. The summed E-state index contributed by atoms with van der Waals surface area (Å²) in [4.78, 5) is 16.4. The summed E-state index contributed by atoms with van der Waals surface area (Å²) >= 11 is 0. The van der Waals surface area contributed by atoms with E-state index in [4.69, 9.17) is 0 Å². The molecule has 1 amide bonds. The van der Waals surface area contributed by atoms with Crippen LogP contribution in [0.5, 0.6) is 0 Å². The maximum Gasteiger partial charge on any atom is 0.279 e. The number of imidazole rings is 1. The Labute approximate surface area is 136 Å². The monoisotopic (exact) mass is 331 g/mol. The lowest BCUT2D eigenvalue weighted by atomic mass is 10.1. The molecule has 2 aromatic heterocycles. The van der Waals surface area contributed by atoms with Crippen LogP contribution in [0.2, 0.25) is 0 Å². The van der Waals surface area contributed by atoms with E-state index >= 15 is 0 Å². The SMILES string of the molecule is Cc1nccn1Cc1ccccc1NC(=O)c1cc(C(F)F)[nH]n1. The van der Waals surface area contributed by atoms with Crippen molar-refractivity contribution in [2.24, 2.45) is 0 Å². The summed E-state index contributed by atoms with van der Waals surface area (Å²) in [5, 5.41) is 8.49. The fourth-order valence-electron chi connectivity index (χ4n) is 2.29. The molecular formula is C16H15F2N5O. The molecule has 0 spiro atoms. The molecule has 6 nitrogen and oxygen atoms in total. The normalized spacial score (nSPS) is 11.0. The van der Waals surface area contributed by atoms with Crippen molar-refractivity contribution in [3.63, 3.8) is 0 Å². The van der Waals surface area contributed by atoms with Gasteiger partial charge in [0.05, 0.1) is 6.54 Å². The average Bonchev–Trinajstić information content (AvgIpc) is 3.19. The van der Waals surface area contributed by atoms with Crippen LogP contribution in [0, 0.1) is 6.92 Å². The molecule has 124 valence electrons. The minimum Gasteiger partial charge on any atom is -0.331 e. The molecule has 0 aliphatic carbocycles. The molecule has 2 N–H and O–H groups in total. The second-order valence-corrected chi connectivity index (χ2v) is 5.22. The van der Waals surface area contributed by atoms with Gasteiger partial charge in [0.1, 0.15) is 11.5 Å². The minimum absolute atomic E-state index is 0.0843. The Balaban J connectivity index is 1.79. The summed E-state index contributed by atoms with van der Waals surface area (Å²) in [6.45, 7) is 2.42. The average molecular weight is 331 g/mol. The number of rotatable bonds is 5. The summed E-state index contributed by atoms with van der Waals surface area (Å²) in [6.07, 6.45) is 0.846. The van der Waals surface area contributed by atoms with Crippen LogP contribution in [-0.2, 0) is 6.54 Å². The molecule has 1 aromatic carbocycles. The van der Waals surface area contributed by atoms with Gasteiger partial charge < -0.3 is 9.88 Å². The summed E-state index contributed by atoms with van der Waals surface area (Å²) < 4.78 is 27.1. The lowest BCUT2D eigenvalue weighted by molar-refractivity contribution is 0.102. The van der Waals surface area contributed by atoms with Crippen LogP contribution >= 0.6 is 0 Å². The van der Waals surface area contributed by atoms with E-state index in [2.05, 4.69) is 20.5 Å². The molecule has 0 unspecified atom stereocenters. The first-order valence-corrected chi connectivity index (χ1v) is 7.25. The van der Waals surface area contributed by atoms with E-state index in [9.17, 15) is 13.6 Å². The second kappa shape index (κ2) is 6.61. The first-order valence-electron chi connectivity index (χ1n) is 7.25. The van der Waals surface area contributed by atoms with Gasteiger partial charge in [-0.05, 0) is 24.6 Å². The number of aromatic nitrogens is 4. The van der Waals surface area contributed by atoms with E-state index in [-0.39, 0.29) is 11.4 Å². The number of benzene rings is 1. The molecule has 0 aliphatic rings. The molecule has 3 rings (SSSR count). The van der Waals surface area contributed by atoms with Crippen molar-refractivity contribution >= 4 is 11.6 Å².